The Labute approximate surface area is 60.8 Å². The van der Waals surface area contributed by atoms with Crippen molar-refractivity contribution in [2.24, 2.45) is 5.92 Å². The van der Waals surface area contributed by atoms with Crippen molar-refractivity contribution in [1.82, 2.24) is 0 Å². The van der Waals surface area contributed by atoms with Gasteiger partial charge < -0.3 is 5.11 Å². The van der Waals surface area contributed by atoms with Gasteiger partial charge in [0.25, 0.3) is 0 Å². The van der Waals surface area contributed by atoms with Crippen LogP contribution < -0.4 is 0 Å². The van der Waals surface area contributed by atoms with Crippen molar-refractivity contribution in [3.63, 3.8) is 0 Å². The van der Waals surface area contributed by atoms with Crippen LogP contribution in [0.2, 0.25) is 0 Å². The van der Waals surface area contributed by atoms with Gasteiger partial charge in [0.1, 0.15) is 0 Å². The van der Waals surface area contributed by atoms with Gasteiger partial charge in [-0.15, -0.1) is 0 Å². The predicted molar refractivity (Wildman–Crippen MR) is 41.7 cm³/mol. The molecular formula is C7H14OS. The van der Waals surface area contributed by atoms with Crippen molar-refractivity contribution in [2.45, 2.75) is 25.0 Å². The summed E-state index contributed by atoms with van der Waals surface area (Å²) < 4.78 is 0. The van der Waals surface area contributed by atoms with Gasteiger partial charge in [-0.3, -0.25) is 0 Å². The van der Waals surface area contributed by atoms with Gasteiger partial charge in [0.2, 0.25) is 0 Å². The Morgan fingerprint density at radius 2 is 2.44 bits per heavy atom. The maximum absolute atomic E-state index is 8.60. The van der Waals surface area contributed by atoms with E-state index in [2.05, 4.69) is 6.92 Å². The fourth-order valence-electron chi connectivity index (χ4n) is 1.09. The van der Waals surface area contributed by atoms with Crippen LogP contribution in [0, 0.1) is 5.92 Å². The van der Waals surface area contributed by atoms with Crippen LogP contribution >= 0.6 is 11.8 Å². The van der Waals surface area contributed by atoms with Gasteiger partial charge in [0.05, 0.1) is 0 Å². The zero-order chi connectivity index (χ0) is 6.69. The molecule has 1 saturated heterocycles. The van der Waals surface area contributed by atoms with Crippen LogP contribution in [-0.4, -0.2) is 22.7 Å². The van der Waals surface area contributed by atoms with Crippen LogP contribution in [0.5, 0.6) is 0 Å². The van der Waals surface area contributed by atoms with E-state index in [9.17, 15) is 0 Å². The minimum Gasteiger partial charge on any atom is -0.396 e. The van der Waals surface area contributed by atoms with Gasteiger partial charge in [-0.1, -0.05) is 6.92 Å². The van der Waals surface area contributed by atoms with Gasteiger partial charge in [0.15, 0.2) is 0 Å². The second-order valence-corrected chi connectivity index (χ2v) is 4.03. The third kappa shape index (κ3) is 1.87. The Bertz CT molecular complexity index is 81.0. The van der Waals surface area contributed by atoms with Crippen molar-refractivity contribution in [3.8, 4) is 0 Å². The summed E-state index contributed by atoms with van der Waals surface area (Å²) in [6.07, 6.45) is 2.35. The minimum atomic E-state index is 0.359. The van der Waals surface area contributed by atoms with Crippen molar-refractivity contribution >= 4 is 11.8 Å². The number of hydrogen-bond acceptors (Lipinski definition) is 2. The van der Waals surface area contributed by atoms with Crippen molar-refractivity contribution < 1.29 is 5.11 Å². The van der Waals surface area contributed by atoms with E-state index in [0.717, 1.165) is 17.6 Å². The van der Waals surface area contributed by atoms with Crippen LogP contribution in [0.3, 0.4) is 0 Å². The van der Waals surface area contributed by atoms with Crippen LogP contribution in [0.25, 0.3) is 0 Å². The number of aliphatic hydroxyl groups is 1. The van der Waals surface area contributed by atoms with E-state index >= 15 is 0 Å². The molecule has 54 valence electrons. The fourth-order valence-corrected chi connectivity index (χ4v) is 2.06. The van der Waals surface area contributed by atoms with Crippen LogP contribution in [0.15, 0.2) is 0 Å². The molecule has 1 fully saturated rings. The summed E-state index contributed by atoms with van der Waals surface area (Å²) in [5, 5.41) is 9.45. The molecule has 0 aliphatic carbocycles. The Morgan fingerprint density at radius 1 is 1.78 bits per heavy atom. The Morgan fingerprint density at radius 3 is 2.78 bits per heavy atom. The average molecular weight is 146 g/mol. The van der Waals surface area contributed by atoms with Gasteiger partial charge >= 0.3 is 0 Å². The van der Waals surface area contributed by atoms with Gasteiger partial charge in [-0.2, -0.15) is 11.8 Å². The molecule has 1 aliphatic rings. The lowest BCUT2D eigenvalue weighted by Gasteiger charge is -2.30. The van der Waals surface area contributed by atoms with E-state index in [1.807, 2.05) is 11.8 Å². The molecular weight excluding hydrogens is 132 g/mol. The Hall–Kier alpha value is 0.310. The monoisotopic (exact) mass is 146 g/mol. The van der Waals surface area contributed by atoms with Crippen LogP contribution in [-0.2, 0) is 0 Å². The molecule has 2 atom stereocenters. The number of thioether (sulfide) groups is 1. The highest BCUT2D eigenvalue weighted by Crippen LogP contribution is 2.34. The summed E-state index contributed by atoms with van der Waals surface area (Å²) in [5.41, 5.74) is 0. The summed E-state index contributed by atoms with van der Waals surface area (Å²) in [6.45, 7) is 2.59. The van der Waals surface area contributed by atoms with Crippen LogP contribution in [0.1, 0.15) is 19.8 Å². The maximum Gasteiger partial charge on any atom is 0.0433 e. The van der Waals surface area contributed by atoms with E-state index in [0.29, 0.717) is 6.61 Å². The van der Waals surface area contributed by atoms with Crippen molar-refractivity contribution in [1.29, 1.82) is 0 Å². The highest BCUT2D eigenvalue weighted by molar-refractivity contribution is 8.01. The largest absolute Gasteiger partial charge is 0.396 e. The Balaban J connectivity index is 2.08. The van der Waals surface area contributed by atoms with Gasteiger partial charge in [-0.05, 0) is 24.5 Å². The molecule has 2 unspecified atom stereocenters. The first-order chi connectivity index (χ1) is 4.34. The zero-order valence-electron chi connectivity index (χ0n) is 5.84. The van der Waals surface area contributed by atoms with Crippen molar-refractivity contribution in [3.05, 3.63) is 0 Å². The molecule has 1 heterocycles. The zero-order valence-corrected chi connectivity index (χ0v) is 6.66. The van der Waals surface area contributed by atoms with E-state index < -0.39 is 0 Å². The number of aliphatic hydroxyl groups excluding tert-OH is 1. The molecule has 0 bridgehead atoms. The van der Waals surface area contributed by atoms with Gasteiger partial charge in [0, 0.05) is 11.9 Å². The second kappa shape index (κ2) is 3.47. The normalized spacial score (nSPS) is 29.3. The highest BCUT2D eigenvalue weighted by Gasteiger charge is 2.23. The van der Waals surface area contributed by atoms with E-state index in [4.69, 9.17) is 5.11 Å². The number of hydrogen-bond donors (Lipinski definition) is 1. The molecule has 0 spiro atoms. The third-order valence-corrected chi connectivity index (χ3v) is 3.55. The molecule has 1 aliphatic heterocycles. The molecule has 9 heavy (non-hydrogen) atoms. The third-order valence-electron chi connectivity index (χ3n) is 1.95. The van der Waals surface area contributed by atoms with Crippen molar-refractivity contribution in [2.75, 3.05) is 12.4 Å². The molecule has 0 radical (unpaired) electrons. The lowest BCUT2D eigenvalue weighted by Crippen LogP contribution is -2.24. The standard InChI is InChI=1S/C7H14OS/c1-6(2-4-8)7-3-5-9-7/h6-8H,2-5H2,1H3. The average Bonchev–Trinajstić information content (AvgIpc) is 1.60. The summed E-state index contributed by atoms with van der Waals surface area (Å²) in [5.74, 6) is 2.06. The lowest BCUT2D eigenvalue weighted by atomic mass is 10.0. The molecule has 0 amide bonds. The molecule has 2 heteroatoms. The molecule has 1 nitrogen and oxygen atoms in total. The Kier molecular flexibility index (Phi) is 2.86. The molecule has 0 saturated carbocycles. The van der Waals surface area contributed by atoms with Crippen LogP contribution in [0.4, 0.5) is 0 Å². The first-order valence-electron chi connectivity index (χ1n) is 3.57. The molecule has 1 rings (SSSR count). The minimum absolute atomic E-state index is 0.359. The summed E-state index contributed by atoms with van der Waals surface area (Å²) >= 11 is 2.04. The molecule has 0 aromatic heterocycles. The quantitative estimate of drug-likeness (QED) is 0.651. The number of rotatable bonds is 3. The molecule has 1 N–H and O–H groups in total. The summed E-state index contributed by atoms with van der Waals surface area (Å²) in [4.78, 5) is 0. The second-order valence-electron chi connectivity index (χ2n) is 2.69. The summed E-state index contributed by atoms with van der Waals surface area (Å²) in [7, 11) is 0. The van der Waals surface area contributed by atoms with E-state index in [1.165, 1.54) is 12.2 Å². The first kappa shape index (κ1) is 7.42. The SMILES string of the molecule is CC(CCO)C1CCS1. The van der Waals surface area contributed by atoms with E-state index in [-0.39, 0.29) is 0 Å². The first-order valence-corrected chi connectivity index (χ1v) is 4.62. The molecule has 0 aromatic carbocycles. The fraction of sp³-hybridized carbons (Fsp3) is 1.00. The highest BCUT2D eigenvalue weighted by atomic mass is 32.2. The lowest BCUT2D eigenvalue weighted by molar-refractivity contribution is 0.258. The van der Waals surface area contributed by atoms with E-state index in [1.54, 1.807) is 0 Å². The van der Waals surface area contributed by atoms with Gasteiger partial charge in [-0.25, -0.2) is 0 Å². The molecule has 0 aromatic rings. The topological polar surface area (TPSA) is 20.2 Å². The maximum atomic E-state index is 8.60. The summed E-state index contributed by atoms with van der Waals surface area (Å²) in [6, 6.07) is 0. The smallest absolute Gasteiger partial charge is 0.0433 e. The predicted octanol–water partition coefficient (Wildman–Crippen LogP) is 1.51.